The van der Waals surface area contributed by atoms with Crippen molar-refractivity contribution in [3.63, 3.8) is 0 Å². The minimum absolute atomic E-state index is 0.0138. The molecular formula is C17H23ClN4OS. The lowest BCUT2D eigenvalue weighted by atomic mass is 10.1. The van der Waals surface area contributed by atoms with E-state index in [-0.39, 0.29) is 11.9 Å². The van der Waals surface area contributed by atoms with Gasteiger partial charge in [-0.3, -0.25) is 4.79 Å². The fraction of sp³-hybridized carbons (Fsp3) is 0.471. The van der Waals surface area contributed by atoms with Gasteiger partial charge in [-0.2, -0.15) is 0 Å². The average Bonchev–Trinajstić information content (AvgIpc) is 2.96. The summed E-state index contributed by atoms with van der Waals surface area (Å²) < 4.78 is 2.01. The van der Waals surface area contributed by atoms with Gasteiger partial charge in [-0.25, -0.2) is 0 Å². The summed E-state index contributed by atoms with van der Waals surface area (Å²) in [5.74, 6) is 1.54. The minimum atomic E-state index is 0.0138. The number of carbonyl (C=O) groups excluding carboxylic acids is 1. The number of hydrogen-bond acceptors (Lipinski definition) is 4. The zero-order chi connectivity index (χ0) is 17.7. The summed E-state index contributed by atoms with van der Waals surface area (Å²) in [5, 5.41) is 12.9. The van der Waals surface area contributed by atoms with Gasteiger partial charge in [-0.1, -0.05) is 37.2 Å². The molecule has 1 amide bonds. The Labute approximate surface area is 152 Å². The first-order valence-electron chi connectivity index (χ1n) is 8.03. The van der Waals surface area contributed by atoms with Crippen molar-refractivity contribution in [1.29, 1.82) is 0 Å². The number of thioether (sulfide) groups is 1. The Balaban J connectivity index is 2.06. The van der Waals surface area contributed by atoms with Crippen LogP contribution in [0.3, 0.4) is 0 Å². The Morgan fingerprint density at radius 1 is 1.25 bits per heavy atom. The molecule has 0 aliphatic heterocycles. The van der Waals surface area contributed by atoms with Crippen LogP contribution in [0, 0.1) is 5.92 Å². The van der Waals surface area contributed by atoms with Gasteiger partial charge in [-0.05, 0) is 44.0 Å². The van der Waals surface area contributed by atoms with Crippen LogP contribution in [0.5, 0.6) is 0 Å². The second-order valence-electron chi connectivity index (χ2n) is 5.95. The number of hydrogen-bond donors (Lipinski definition) is 1. The maximum atomic E-state index is 12.0. The first kappa shape index (κ1) is 18.8. The van der Waals surface area contributed by atoms with Gasteiger partial charge in [-0.15, -0.1) is 10.2 Å². The third-order valence-corrected chi connectivity index (χ3v) is 5.08. The summed E-state index contributed by atoms with van der Waals surface area (Å²) in [7, 11) is 0. The molecule has 0 aliphatic rings. The number of benzene rings is 1. The van der Waals surface area contributed by atoms with Crippen LogP contribution in [0.1, 0.15) is 27.7 Å². The van der Waals surface area contributed by atoms with Gasteiger partial charge in [0.05, 0.1) is 5.75 Å². The second-order valence-corrected chi connectivity index (χ2v) is 7.33. The monoisotopic (exact) mass is 366 g/mol. The number of halogens is 1. The van der Waals surface area contributed by atoms with E-state index >= 15 is 0 Å². The fourth-order valence-electron chi connectivity index (χ4n) is 2.09. The van der Waals surface area contributed by atoms with Crippen LogP contribution in [0.15, 0.2) is 29.4 Å². The molecule has 1 aromatic carbocycles. The molecule has 0 unspecified atom stereocenters. The first-order valence-corrected chi connectivity index (χ1v) is 9.40. The topological polar surface area (TPSA) is 59.8 Å². The van der Waals surface area contributed by atoms with Gasteiger partial charge in [0.15, 0.2) is 11.0 Å². The highest BCUT2D eigenvalue weighted by Crippen LogP contribution is 2.25. The molecule has 1 heterocycles. The average molecular weight is 367 g/mol. The van der Waals surface area contributed by atoms with Crippen molar-refractivity contribution < 1.29 is 4.79 Å². The predicted molar refractivity (Wildman–Crippen MR) is 99.3 cm³/mol. The maximum absolute atomic E-state index is 12.0. The highest BCUT2D eigenvalue weighted by atomic mass is 35.5. The molecule has 130 valence electrons. The molecule has 2 aromatic rings. The van der Waals surface area contributed by atoms with Crippen LogP contribution >= 0.6 is 23.4 Å². The maximum Gasteiger partial charge on any atom is 0.230 e. The van der Waals surface area contributed by atoms with Crippen LogP contribution in [0.25, 0.3) is 11.4 Å². The first-order chi connectivity index (χ1) is 11.4. The van der Waals surface area contributed by atoms with Crippen molar-refractivity contribution in [2.75, 3.05) is 5.75 Å². The molecule has 0 aliphatic carbocycles. The molecule has 0 bridgehead atoms. The predicted octanol–water partition coefficient (Wildman–Crippen LogP) is 3.87. The van der Waals surface area contributed by atoms with E-state index in [1.807, 2.05) is 42.7 Å². The number of nitrogens with zero attached hydrogens (tertiary/aromatic N) is 3. The Morgan fingerprint density at radius 3 is 2.50 bits per heavy atom. The van der Waals surface area contributed by atoms with Crippen molar-refractivity contribution in [2.24, 2.45) is 5.92 Å². The molecule has 1 atom stereocenters. The Bertz CT molecular complexity index is 684. The zero-order valence-corrected chi connectivity index (χ0v) is 16.0. The molecule has 24 heavy (non-hydrogen) atoms. The van der Waals surface area contributed by atoms with E-state index in [0.29, 0.717) is 16.7 Å². The zero-order valence-electron chi connectivity index (χ0n) is 14.4. The van der Waals surface area contributed by atoms with Gasteiger partial charge >= 0.3 is 0 Å². The number of nitrogens with one attached hydrogen (secondary N) is 1. The second kappa shape index (κ2) is 8.53. The lowest BCUT2D eigenvalue weighted by Crippen LogP contribution is -2.37. The van der Waals surface area contributed by atoms with Crippen LogP contribution in [-0.4, -0.2) is 32.5 Å². The summed E-state index contributed by atoms with van der Waals surface area (Å²) in [4.78, 5) is 12.0. The molecule has 0 saturated heterocycles. The van der Waals surface area contributed by atoms with Gasteiger partial charge in [0.1, 0.15) is 0 Å². The van der Waals surface area contributed by atoms with Gasteiger partial charge < -0.3 is 9.88 Å². The minimum Gasteiger partial charge on any atom is -0.353 e. The molecule has 7 heteroatoms. The lowest BCUT2D eigenvalue weighted by Gasteiger charge is -2.17. The summed E-state index contributed by atoms with van der Waals surface area (Å²) in [6.45, 7) is 8.96. The number of carbonyl (C=O) groups is 1. The molecule has 1 aromatic heterocycles. The molecule has 5 nitrogen and oxygen atoms in total. The van der Waals surface area contributed by atoms with E-state index in [1.165, 1.54) is 11.8 Å². The highest BCUT2D eigenvalue weighted by Gasteiger charge is 2.16. The molecule has 0 radical (unpaired) electrons. The van der Waals surface area contributed by atoms with Gasteiger partial charge in [0.2, 0.25) is 5.91 Å². The quantitative estimate of drug-likeness (QED) is 0.755. The molecule has 0 spiro atoms. The van der Waals surface area contributed by atoms with Crippen LogP contribution < -0.4 is 5.32 Å². The van der Waals surface area contributed by atoms with Gasteiger partial charge in [0.25, 0.3) is 0 Å². The summed E-state index contributed by atoms with van der Waals surface area (Å²) in [6.07, 6.45) is 0. The summed E-state index contributed by atoms with van der Waals surface area (Å²) >= 11 is 7.34. The highest BCUT2D eigenvalue weighted by molar-refractivity contribution is 7.99. The number of amides is 1. The SMILES string of the molecule is CCn1c(SCC(=O)N[C@@H](C)C(C)C)nnc1-c1ccc(Cl)cc1. The van der Waals surface area contributed by atoms with Crippen molar-refractivity contribution in [2.45, 2.75) is 45.4 Å². The Morgan fingerprint density at radius 2 is 1.92 bits per heavy atom. The van der Waals surface area contributed by atoms with E-state index < -0.39 is 0 Å². The third kappa shape index (κ3) is 4.74. The van der Waals surface area contributed by atoms with Crippen molar-refractivity contribution in [3.8, 4) is 11.4 Å². The molecule has 0 fully saturated rings. The van der Waals surface area contributed by atoms with Crippen LogP contribution in [0.4, 0.5) is 0 Å². The number of aromatic nitrogens is 3. The largest absolute Gasteiger partial charge is 0.353 e. The third-order valence-electron chi connectivity index (χ3n) is 3.86. The molecular weight excluding hydrogens is 344 g/mol. The van der Waals surface area contributed by atoms with E-state index in [2.05, 4.69) is 29.4 Å². The molecule has 1 N–H and O–H groups in total. The smallest absolute Gasteiger partial charge is 0.230 e. The van der Waals surface area contributed by atoms with Crippen LogP contribution in [0.2, 0.25) is 5.02 Å². The van der Waals surface area contributed by atoms with Crippen LogP contribution in [-0.2, 0) is 11.3 Å². The fourth-order valence-corrected chi connectivity index (χ4v) is 3.02. The summed E-state index contributed by atoms with van der Waals surface area (Å²) in [6, 6.07) is 7.67. The van der Waals surface area contributed by atoms with E-state index in [4.69, 9.17) is 11.6 Å². The Hall–Kier alpha value is -1.53. The molecule has 2 rings (SSSR count). The normalized spacial score (nSPS) is 12.4. The summed E-state index contributed by atoms with van der Waals surface area (Å²) in [5.41, 5.74) is 0.957. The van der Waals surface area contributed by atoms with Crippen molar-refractivity contribution in [1.82, 2.24) is 20.1 Å². The van der Waals surface area contributed by atoms with E-state index in [1.54, 1.807) is 0 Å². The van der Waals surface area contributed by atoms with Gasteiger partial charge in [0, 0.05) is 23.2 Å². The van der Waals surface area contributed by atoms with Crippen molar-refractivity contribution in [3.05, 3.63) is 29.3 Å². The van der Waals surface area contributed by atoms with E-state index in [9.17, 15) is 4.79 Å². The van der Waals surface area contributed by atoms with Crippen molar-refractivity contribution >= 4 is 29.3 Å². The Kier molecular flexibility index (Phi) is 6.69. The standard InChI is InChI=1S/C17H23ClN4OS/c1-5-22-16(13-6-8-14(18)9-7-13)20-21-17(22)24-10-15(23)19-12(4)11(2)3/h6-9,11-12H,5,10H2,1-4H3,(H,19,23)/t12-/m0/s1. The molecule has 0 saturated carbocycles. The lowest BCUT2D eigenvalue weighted by molar-refractivity contribution is -0.119. The van der Waals surface area contributed by atoms with E-state index in [0.717, 1.165) is 23.1 Å². The number of rotatable bonds is 7.